The summed E-state index contributed by atoms with van der Waals surface area (Å²) in [7, 11) is 3.35. The SMILES string of the molecule is CCOc1ccc(-c2nnc3c4cc(OC)ccc4n(Cc4ccc(OC)cc4)cc2-3)cc1. The van der Waals surface area contributed by atoms with Crippen LogP contribution in [0.25, 0.3) is 33.4 Å². The highest BCUT2D eigenvalue weighted by molar-refractivity contribution is 5.98. The summed E-state index contributed by atoms with van der Waals surface area (Å²) < 4.78 is 18.6. The van der Waals surface area contributed by atoms with Crippen LogP contribution >= 0.6 is 0 Å². The summed E-state index contributed by atoms with van der Waals surface area (Å²) in [6, 6.07) is 22.2. The van der Waals surface area contributed by atoms with Crippen LogP contribution in [-0.2, 0) is 6.54 Å². The standard InChI is InChI=1S/C27H25N3O3/c1-4-33-21-11-7-19(8-12-21)26-24-17-30(16-18-5-9-20(31-2)10-6-18)25-14-13-22(32-3)15-23(25)27(24)29-28-26/h5-15,17H,4,16H2,1-3H3. The number of pyridine rings is 1. The average Bonchev–Trinajstić information content (AvgIpc) is 3.29. The van der Waals surface area contributed by atoms with E-state index >= 15 is 0 Å². The van der Waals surface area contributed by atoms with Gasteiger partial charge in [-0.15, -0.1) is 10.2 Å². The van der Waals surface area contributed by atoms with Gasteiger partial charge in [-0.25, -0.2) is 0 Å². The van der Waals surface area contributed by atoms with Gasteiger partial charge in [0, 0.05) is 29.3 Å². The molecule has 2 aliphatic rings. The third-order valence-electron chi connectivity index (χ3n) is 5.76. The number of ether oxygens (including phenoxy) is 3. The second-order valence-electron chi connectivity index (χ2n) is 7.76. The molecule has 0 saturated carbocycles. The predicted octanol–water partition coefficient (Wildman–Crippen LogP) is 5.67. The summed E-state index contributed by atoms with van der Waals surface area (Å²) in [5.41, 5.74) is 5.94. The highest BCUT2D eigenvalue weighted by atomic mass is 16.5. The number of fused-ring (bicyclic) bond motifs is 3. The lowest BCUT2D eigenvalue weighted by atomic mass is 10.0. The molecule has 2 aliphatic heterocycles. The Balaban J connectivity index is 1.64. The van der Waals surface area contributed by atoms with E-state index in [0.29, 0.717) is 13.2 Å². The molecule has 2 heterocycles. The van der Waals surface area contributed by atoms with Gasteiger partial charge in [0.2, 0.25) is 0 Å². The number of rotatable bonds is 7. The Kier molecular flexibility index (Phi) is 5.57. The van der Waals surface area contributed by atoms with E-state index in [1.165, 1.54) is 5.56 Å². The minimum absolute atomic E-state index is 0.637. The minimum atomic E-state index is 0.637. The van der Waals surface area contributed by atoms with Crippen molar-refractivity contribution in [1.29, 1.82) is 0 Å². The topological polar surface area (TPSA) is 58.4 Å². The summed E-state index contributed by atoms with van der Waals surface area (Å²) in [6.07, 6.45) is 2.14. The van der Waals surface area contributed by atoms with Crippen molar-refractivity contribution < 1.29 is 14.2 Å². The van der Waals surface area contributed by atoms with E-state index in [1.54, 1.807) is 14.2 Å². The van der Waals surface area contributed by atoms with Gasteiger partial charge in [-0.2, -0.15) is 0 Å². The molecule has 0 radical (unpaired) electrons. The first-order valence-electron chi connectivity index (χ1n) is 10.9. The molecule has 6 heteroatoms. The first-order chi connectivity index (χ1) is 16.2. The van der Waals surface area contributed by atoms with Crippen molar-refractivity contribution in [2.24, 2.45) is 0 Å². The van der Waals surface area contributed by atoms with E-state index in [4.69, 9.17) is 14.2 Å². The van der Waals surface area contributed by atoms with Gasteiger partial charge in [0.1, 0.15) is 28.6 Å². The van der Waals surface area contributed by atoms with E-state index in [-0.39, 0.29) is 0 Å². The molecule has 6 nitrogen and oxygen atoms in total. The Morgan fingerprint density at radius 2 is 1.42 bits per heavy atom. The Morgan fingerprint density at radius 3 is 2.12 bits per heavy atom. The van der Waals surface area contributed by atoms with Crippen LogP contribution in [0.4, 0.5) is 0 Å². The van der Waals surface area contributed by atoms with Gasteiger partial charge in [-0.3, -0.25) is 0 Å². The summed E-state index contributed by atoms with van der Waals surface area (Å²) in [4.78, 5) is 0. The van der Waals surface area contributed by atoms with Gasteiger partial charge in [0.15, 0.2) is 0 Å². The van der Waals surface area contributed by atoms with Crippen LogP contribution < -0.4 is 14.2 Å². The van der Waals surface area contributed by atoms with Crippen molar-refractivity contribution in [3.05, 3.63) is 78.5 Å². The molecule has 3 aromatic rings. The Labute approximate surface area is 192 Å². The maximum atomic E-state index is 5.59. The number of nitrogens with zero attached hydrogens (tertiary/aromatic N) is 3. The molecule has 0 atom stereocenters. The fourth-order valence-electron chi connectivity index (χ4n) is 4.10. The molecule has 0 aromatic heterocycles. The first kappa shape index (κ1) is 20.8. The Hall–Kier alpha value is -4.06. The van der Waals surface area contributed by atoms with E-state index in [0.717, 1.165) is 50.7 Å². The molecule has 0 spiro atoms. The van der Waals surface area contributed by atoms with Crippen molar-refractivity contribution in [2.45, 2.75) is 13.5 Å². The largest absolute Gasteiger partial charge is 0.497 e. The lowest BCUT2D eigenvalue weighted by Gasteiger charge is -2.16. The maximum absolute atomic E-state index is 5.59. The van der Waals surface area contributed by atoms with E-state index in [1.807, 2.05) is 55.5 Å². The molecule has 3 aromatic carbocycles. The fraction of sp³-hybridized carbons (Fsp3) is 0.185. The predicted molar refractivity (Wildman–Crippen MR) is 129 cm³/mol. The van der Waals surface area contributed by atoms with Gasteiger partial charge in [0.05, 0.1) is 26.3 Å². The zero-order valence-electron chi connectivity index (χ0n) is 18.9. The third-order valence-corrected chi connectivity index (χ3v) is 5.76. The van der Waals surface area contributed by atoms with Crippen LogP contribution in [0.2, 0.25) is 0 Å². The zero-order chi connectivity index (χ0) is 22.8. The molecule has 33 heavy (non-hydrogen) atoms. The smallest absolute Gasteiger partial charge is 0.119 e. The van der Waals surface area contributed by atoms with Gasteiger partial charge >= 0.3 is 0 Å². The van der Waals surface area contributed by atoms with Crippen molar-refractivity contribution in [3.8, 4) is 39.8 Å². The van der Waals surface area contributed by atoms with Crippen molar-refractivity contribution >= 4 is 10.9 Å². The molecular weight excluding hydrogens is 414 g/mol. The normalized spacial score (nSPS) is 11.1. The maximum Gasteiger partial charge on any atom is 0.119 e. The highest BCUT2D eigenvalue weighted by Gasteiger charge is 2.21. The minimum Gasteiger partial charge on any atom is -0.497 e. The third kappa shape index (κ3) is 3.96. The second-order valence-corrected chi connectivity index (χ2v) is 7.76. The summed E-state index contributed by atoms with van der Waals surface area (Å²) in [6.45, 7) is 3.32. The molecule has 5 rings (SSSR count). The lowest BCUT2D eigenvalue weighted by Crippen LogP contribution is -2.04. The zero-order valence-corrected chi connectivity index (χ0v) is 18.9. The van der Waals surface area contributed by atoms with Crippen LogP contribution in [0, 0.1) is 0 Å². The number of aromatic nitrogens is 3. The summed E-state index contributed by atoms with van der Waals surface area (Å²) in [5, 5.41) is 10.1. The van der Waals surface area contributed by atoms with Crippen LogP contribution in [0.15, 0.2) is 72.9 Å². The number of hydrogen-bond donors (Lipinski definition) is 0. The molecule has 0 saturated heterocycles. The summed E-state index contributed by atoms with van der Waals surface area (Å²) >= 11 is 0. The van der Waals surface area contributed by atoms with Crippen molar-refractivity contribution in [3.63, 3.8) is 0 Å². The quantitative estimate of drug-likeness (QED) is 0.327. The lowest BCUT2D eigenvalue weighted by molar-refractivity contribution is 0.340. The van der Waals surface area contributed by atoms with Crippen LogP contribution in [0.3, 0.4) is 0 Å². The Morgan fingerprint density at radius 1 is 0.758 bits per heavy atom. The second kappa shape index (κ2) is 8.82. The molecule has 166 valence electrons. The summed E-state index contributed by atoms with van der Waals surface area (Å²) in [5.74, 6) is 2.47. The number of benzene rings is 3. The Bertz CT molecular complexity index is 1360. The monoisotopic (exact) mass is 439 g/mol. The number of methoxy groups -OCH3 is 2. The van der Waals surface area contributed by atoms with Gasteiger partial charge < -0.3 is 18.8 Å². The molecule has 0 unspecified atom stereocenters. The molecule has 0 N–H and O–H groups in total. The fourth-order valence-corrected chi connectivity index (χ4v) is 4.10. The van der Waals surface area contributed by atoms with Crippen LogP contribution in [0.1, 0.15) is 12.5 Å². The van der Waals surface area contributed by atoms with Gasteiger partial charge in [-0.05, 0) is 67.1 Å². The van der Waals surface area contributed by atoms with Crippen LogP contribution in [0.5, 0.6) is 17.2 Å². The van der Waals surface area contributed by atoms with E-state index < -0.39 is 0 Å². The van der Waals surface area contributed by atoms with Gasteiger partial charge in [0.25, 0.3) is 0 Å². The molecule has 0 fully saturated rings. The van der Waals surface area contributed by atoms with E-state index in [9.17, 15) is 0 Å². The average molecular weight is 440 g/mol. The van der Waals surface area contributed by atoms with Crippen LogP contribution in [-0.4, -0.2) is 35.6 Å². The molecule has 0 aliphatic carbocycles. The van der Waals surface area contributed by atoms with Crippen molar-refractivity contribution in [2.75, 3.05) is 20.8 Å². The molecular formula is C27H25N3O3. The van der Waals surface area contributed by atoms with Crippen molar-refractivity contribution in [1.82, 2.24) is 14.8 Å². The number of hydrogen-bond acceptors (Lipinski definition) is 5. The molecule has 0 amide bonds. The van der Waals surface area contributed by atoms with Gasteiger partial charge in [-0.1, -0.05) is 12.1 Å². The first-order valence-corrected chi connectivity index (χ1v) is 10.9. The molecule has 0 bridgehead atoms. The highest BCUT2D eigenvalue weighted by Crippen LogP contribution is 2.38. The van der Waals surface area contributed by atoms with E-state index in [2.05, 4.69) is 39.2 Å².